The van der Waals surface area contributed by atoms with Crippen LogP contribution in [0.4, 0.5) is 0 Å². The highest BCUT2D eigenvalue weighted by atomic mass is 79.9. The zero-order chi connectivity index (χ0) is 12.8. The third-order valence-corrected chi connectivity index (χ3v) is 5.12. The molecular weight excluding hydrogens is 360 g/mol. The van der Waals surface area contributed by atoms with E-state index < -0.39 is 0 Å². The smallest absolute Gasteiger partial charge is 0.119 e. The Hall–Kier alpha value is -0.0600. The highest BCUT2D eigenvalue weighted by molar-refractivity contribution is 9.10. The fourth-order valence-corrected chi connectivity index (χ4v) is 3.18. The standard InChI is InChI=1S/C14H18Br2O2/c15-10-14(6-1-8-17-11-14)7-9-18-13-4-2-12(16)3-5-13/h2-5H,1,6-11H2. The first-order chi connectivity index (χ1) is 8.74. The van der Waals surface area contributed by atoms with Crippen LogP contribution >= 0.6 is 31.9 Å². The molecule has 0 amide bonds. The van der Waals surface area contributed by atoms with Gasteiger partial charge in [0.2, 0.25) is 0 Å². The molecule has 0 bridgehead atoms. The zero-order valence-electron chi connectivity index (χ0n) is 10.3. The Morgan fingerprint density at radius 2 is 2.06 bits per heavy atom. The molecule has 1 atom stereocenters. The van der Waals surface area contributed by atoms with Crippen molar-refractivity contribution in [2.24, 2.45) is 5.41 Å². The molecule has 0 saturated carbocycles. The van der Waals surface area contributed by atoms with Gasteiger partial charge in [-0.05, 0) is 43.5 Å². The van der Waals surface area contributed by atoms with Crippen molar-refractivity contribution >= 4 is 31.9 Å². The van der Waals surface area contributed by atoms with Crippen molar-refractivity contribution < 1.29 is 9.47 Å². The Morgan fingerprint density at radius 1 is 1.28 bits per heavy atom. The summed E-state index contributed by atoms with van der Waals surface area (Å²) in [4.78, 5) is 0. The van der Waals surface area contributed by atoms with E-state index in [0.29, 0.717) is 0 Å². The predicted octanol–water partition coefficient (Wildman–Crippen LogP) is 4.41. The van der Waals surface area contributed by atoms with E-state index in [-0.39, 0.29) is 5.41 Å². The first kappa shape index (κ1) is 14.4. The molecule has 1 saturated heterocycles. The van der Waals surface area contributed by atoms with Crippen molar-refractivity contribution in [3.05, 3.63) is 28.7 Å². The molecule has 1 aromatic rings. The summed E-state index contributed by atoms with van der Waals surface area (Å²) in [7, 11) is 0. The zero-order valence-corrected chi connectivity index (χ0v) is 13.5. The average molecular weight is 378 g/mol. The van der Waals surface area contributed by atoms with Crippen molar-refractivity contribution in [3.8, 4) is 5.75 Å². The Morgan fingerprint density at radius 3 is 2.67 bits per heavy atom. The fraction of sp³-hybridized carbons (Fsp3) is 0.571. The van der Waals surface area contributed by atoms with Gasteiger partial charge in [-0.2, -0.15) is 0 Å². The number of alkyl halides is 1. The molecule has 1 unspecified atom stereocenters. The van der Waals surface area contributed by atoms with E-state index in [4.69, 9.17) is 9.47 Å². The molecule has 1 aliphatic rings. The Kier molecular flexibility index (Phi) is 5.52. The quantitative estimate of drug-likeness (QED) is 0.707. The molecule has 0 aliphatic carbocycles. The third kappa shape index (κ3) is 3.97. The summed E-state index contributed by atoms with van der Waals surface area (Å²) < 4.78 is 12.5. The second-order valence-electron chi connectivity index (χ2n) is 4.84. The van der Waals surface area contributed by atoms with Crippen LogP contribution in [0.2, 0.25) is 0 Å². The topological polar surface area (TPSA) is 18.5 Å². The Labute approximate surface area is 125 Å². The minimum atomic E-state index is 0.258. The average Bonchev–Trinajstić information content (AvgIpc) is 2.42. The number of ether oxygens (including phenoxy) is 2. The number of hydrogen-bond donors (Lipinski definition) is 0. The molecule has 1 aromatic carbocycles. The molecule has 1 heterocycles. The van der Waals surface area contributed by atoms with Crippen LogP contribution in [0.3, 0.4) is 0 Å². The molecule has 4 heteroatoms. The monoisotopic (exact) mass is 376 g/mol. The molecule has 1 fully saturated rings. The van der Waals surface area contributed by atoms with Gasteiger partial charge in [-0.15, -0.1) is 0 Å². The molecule has 0 radical (unpaired) electrons. The molecule has 2 rings (SSSR count). The number of halogens is 2. The van der Waals surface area contributed by atoms with Gasteiger partial charge in [0.05, 0.1) is 13.2 Å². The summed E-state index contributed by atoms with van der Waals surface area (Å²) in [6.45, 7) is 2.50. The summed E-state index contributed by atoms with van der Waals surface area (Å²) >= 11 is 7.04. The van der Waals surface area contributed by atoms with Crippen LogP contribution in [0.25, 0.3) is 0 Å². The van der Waals surface area contributed by atoms with Crippen molar-refractivity contribution in [1.29, 1.82) is 0 Å². The van der Waals surface area contributed by atoms with E-state index in [9.17, 15) is 0 Å². The van der Waals surface area contributed by atoms with E-state index >= 15 is 0 Å². The largest absolute Gasteiger partial charge is 0.494 e. The molecule has 18 heavy (non-hydrogen) atoms. The molecule has 1 aliphatic heterocycles. The summed E-state index contributed by atoms with van der Waals surface area (Å²) in [5.74, 6) is 0.930. The molecule has 100 valence electrons. The van der Waals surface area contributed by atoms with Crippen LogP contribution in [0.15, 0.2) is 28.7 Å². The van der Waals surface area contributed by atoms with E-state index in [1.54, 1.807) is 0 Å². The molecule has 0 spiro atoms. The molecule has 0 aromatic heterocycles. The van der Waals surface area contributed by atoms with Crippen LogP contribution in [0.5, 0.6) is 5.75 Å². The van der Waals surface area contributed by atoms with Crippen LogP contribution in [0, 0.1) is 5.41 Å². The number of rotatable bonds is 5. The first-order valence-electron chi connectivity index (χ1n) is 6.26. The lowest BCUT2D eigenvalue weighted by Crippen LogP contribution is -2.35. The first-order valence-corrected chi connectivity index (χ1v) is 8.18. The fourth-order valence-electron chi connectivity index (χ4n) is 2.20. The van der Waals surface area contributed by atoms with Gasteiger partial charge in [-0.1, -0.05) is 31.9 Å². The van der Waals surface area contributed by atoms with Gasteiger partial charge in [0.25, 0.3) is 0 Å². The van der Waals surface area contributed by atoms with Gasteiger partial charge in [-0.25, -0.2) is 0 Å². The van der Waals surface area contributed by atoms with Gasteiger partial charge in [0.1, 0.15) is 5.75 Å². The molecule has 2 nitrogen and oxygen atoms in total. The highest BCUT2D eigenvalue weighted by Crippen LogP contribution is 2.34. The van der Waals surface area contributed by atoms with E-state index in [0.717, 1.165) is 48.2 Å². The van der Waals surface area contributed by atoms with E-state index in [1.165, 1.54) is 6.42 Å². The number of benzene rings is 1. The van der Waals surface area contributed by atoms with E-state index in [2.05, 4.69) is 31.9 Å². The van der Waals surface area contributed by atoms with Gasteiger partial charge in [-0.3, -0.25) is 0 Å². The highest BCUT2D eigenvalue weighted by Gasteiger charge is 2.31. The maximum atomic E-state index is 5.79. The molecular formula is C14H18Br2O2. The maximum absolute atomic E-state index is 5.79. The SMILES string of the molecule is BrCC1(CCOc2ccc(Br)cc2)CCCOC1. The minimum absolute atomic E-state index is 0.258. The van der Waals surface area contributed by atoms with Crippen molar-refractivity contribution in [1.82, 2.24) is 0 Å². The Balaban J connectivity index is 1.81. The maximum Gasteiger partial charge on any atom is 0.119 e. The van der Waals surface area contributed by atoms with Crippen molar-refractivity contribution in [2.75, 3.05) is 25.2 Å². The Bertz CT molecular complexity index is 359. The predicted molar refractivity (Wildman–Crippen MR) is 80.5 cm³/mol. The van der Waals surface area contributed by atoms with Crippen LogP contribution in [-0.4, -0.2) is 25.2 Å². The summed E-state index contributed by atoms with van der Waals surface area (Å²) in [6, 6.07) is 7.98. The lowest BCUT2D eigenvalue weighted by molar-refractivity contribution is -0.00463. The number of hydrogen-bond acceptors (Lipinski definition) is 2. The normalized spacial score (nSPS) is 23.9. The van der Waals surface area contributed by atoms with Gasteiger partial charge < -0.3 is 9.47 Å². The second-order valence-corrected chi connectivity index (χ2v) is 6.32. The van der Waals surface area contributed by atoms with Crippen molar-refractivity contribution in [2.45, 2.75) is 19.3 Å². The second kappa shape index (κ2) is 6.92. The van der Waals surface area contributed by atoms with Gasteiger partial charge in [0.15, 0.2) is 0 Å². The van der Waals surface area contributed by atoms with Gasteiger partial charge in [0, 0.05) is 21.8 Å². The van der Waals surface area contributed by atoms with Crippen LogP contribution in [-0.2, 0) is 4.74 Å². The molecule has 0 N–H and O–H groups in total. The lowest BCUT2D eigenvalue weighted by Gasteiger charge is -2.35. The minimum Gasteiger partial charge on any atom is -0.494 e. The van der Waals surface area contributed by atoms with Gasteiger partial charge >= 0.3 is 0 Å². The third-order valence-electron chi connectivity index (χ3n) is 3.40. The summed E-state index contributed by atoms with van der Waals surface area (Å²) in [5, 5.41) is 0.990. The lowest BCUT2D eigenvalue weighted by atomic mass is 9.82. The summed E-state index contributed by atoms with van der Waals surface area (Å²) in [5.41, 5.74) is 0.258. The van der Waals surface area contributed by atoms with Crippen LogP contribution in [0.1, 0.15) is 19.3 Å². The van der Waals surface area contributed by atoms with Crippen molar-refractivity contribution in [3.63, 3.8) is 0 Å². The van der Waals surface area contributed by atoms with Crippen LogP contribution < -0.4 is 4.74 Å². The van der Waals surface area contributed by atoms with E-state index in [1.807, 2.05) is 24.3 Å². The summed E-state index contributed by atoms with van der Waals surface area (Å²) in [6.07, 6.45) is 3.42.